The van der Waals surface area contributed by atoms with Gasteiger partial charge in [-0.3, -0.25) is 0 Å². The van der Waals surface area contributed by atoms with Gasteiger partial charge < -0.3 is 94.8 Å². The Labute approximate surface area is 245 Å². The molecule has 3 aliphatic heterocycles. The molecule has 3 saturated heterocycles. The lowest BCUT2D eigenvalue weighted by Crippen LogP contribution is -2.65. The van der Waals surface area contributed by atoms with Crippen LogP contribution in [0.5, 0.6) is 0 Å². The lowest BCUT2D eigenvalue weighted by molar-refractivity contribution is -0.381. The van der Waals surface area contributed by atoms with Crippen LogP contribution in [-0.4, -0.2) is 203 Å². The first-order valence-corrected chi connectivity index (χ1v) is 13.7. The molecule has 43 heavy (non-hydrogen) atoms. The van der Waals surface area contributed by atoms with Crippen LogP contribution in [0.15, 0.2) is 0 Å². The summed E-state index contributed by atoms with van der Waals surface area (Å²) in [5.74, 6) is 0. The summed E-state index contributed by atoms with van der Waals surface area (Å²) >= 11 is 0. The van der Waals surface area contributed by atoms with E-state index in [1.165, 1.54) is 13.8 Å². The van der Waals surface area contributed by atoms with Crippen molar-refractivity contribution < 1.29 is 94.8 Å². The van der Waals surface area contributed by atoms with Gasteiger partial charge in [0, 0.05) is 0 Å². The van der Waals surface area contributed by atoms with Gasteiger partial charge in [-0.25, -0.2) is 0 Å². The third-order valence-corrected chi connectivity index (χ3v) is 7.77. The van der Waals surface area contributed by atoms with Crippen molar-refractivity contribution in [3.05, 3.63) is 0 Å². The molecule has 19 nitrogen and oxygen atoms in total. The van der Waals surface area contributed by atoms with Crippen molar-refractivity contribution in [2.24, 2.45) is 0 Å². The summed E-state index contributed by atoms with van der Waals surface area (Å²) < 4.78 is 33.2. The highest BCUT2D eigenvalue weighted by Crippen LogP contribution is 2.32. The maximum atomic E-state index is 10.9. The highest BCUT2D eigenvalue weighted by atomic mass is 16.8. The van der Waals surface area contributed by atoms with E-state index in [0.717, 1.165) is 0 Å². The van der Waals surface area contributed by atoms with Crippen LogP contribution >= 0.6 is 0 Å². The highest BCUT2D eigenvalue weighted by molar-refractivity contribution is 4.95. The molecule has 3 rings (SSSR count). The summed E-state index contributed by atoms with van der Waals surface area (Å²) in [4.78, 5) is 0. The smallest absolute Gasteiger partial charge is 0.187 e. The minimum atomic E-state index is -1.96. The van der Waals surface area contributed by atoms with Gasteiger partial charge in [0.2, 0.25) is 0 Å². The van der Waals surface area contributed by atoms with Gasteiger partial charge in [-0.2, -0.15) is 0 Å². The molecule has 0 aromatic heterocycles. The summed E-state index contributed by atoms with van der Waals surface area (Å²) in [5, 5.41) is 133. The largest absolute Gasteiger partial charge is 0.394 e. The second kappa shape index (κ2) is 15.7. The Balaban J connectivity index is 1.93. The van der Waals surface area contributed by atoms with Crippen molar-refractivity contribution in [3.63, 3.8) is 0 Å². The average Bonchev–Trinajstić information content (AvgIpc) is 2.99. The maximum absolute atomic E-state index is 10.9. The Bertz CT molecular complexity index is 840. The minimum absolute atomic E-state index is 0.873. The molecule has 13 N–H and O–H groups in total. The van der Waals surface area contributed by atoms with Crippen LogP contribution in [0, 0.1) is 0 Å². The van der Waals surface area contributed by atoms with Crippen LogP contribution in [0.1, 0.15) is 13.8 Å². The molecule has 0 aromatic rings. The Morgan fingerprint density at radius 1 is 0.535 bits per heavy atom. The van der Waals surface area contributed by atoms with Crippen LogP contribution in [0.4, 0.5) is 0 Å². The molecule has 19 heteroatoms. The maximum Gasteiger partial charge on any atom is 0.187 e. The SMILES string of the molecule is C[C@@H]1O[C@@H](O[C@H]2[C@H](O[C@@H]([C@H](O[C@@H]3O[C@@H](C)[C@@H](O)[C@@H](O)[C@@H]3O)[C@@H](O)CO)[C@H](O)CO)O[C@H](CO)[C@H](O)[C@@H]2O)[C@@H](O)[C@H](O)[C@@H]1O. The number of ether oxygens (including phenoxy) is 6. The van der Waals surface area contributed by atoms with E-state index >= 15 is 0 Å². The zero-order chi connectivity index (χ0) is 32.3. The van der Waals surface area contributed by atoms with E-state index in [4.69, 9.17) is 28.4 Å². The Morgan fingerprint density at radius 2 is 0.977 bits per heavy atom. The quantitative estimate of drug-likeness (QED) is 0.0945. The van der Waals surface area contributed by atoms with Gasteiger partial charge in [-0.1, -0.05) is 0 Å². The predicted molar refractivity (Wildman–Crippen MR) is 133 cm³/mol. The molecule has 0 aromatic carbocycles. The predicted octanol–water partition coefficient (Wildman–Crippen LogP) is -8.06. The normalized spacial score (nSPS) is 47.1. The van der Waals surface area contributed by atoms with E-state index in [2.05, 4.69) is 0 Å². The van der Waals surface area contributed by atoms with Crippen molar-refractivity contribution in [1.29, 1.82) is 0 Å². The van der Waals surface area contributed by atoms with E-state index in [0.29, 0.717) is 0 Å². The van der Waals surface area contributed by atoms with Gasteiger partial charge in [0.25, 0.3) is 0 Å². The molecule has 0 spiro atoms. The van der Waals surface area contributed by atoms with E-state index in [-0.39, 0.29) is 0 Å². The van der Waals surface area contributed by atoms with Gasteiger partial charge in [0.1, 0.15) is 85.5 Å². The first-order chi connectivity index (χ1) is 20.2. The molecular formula is C24H44O19. The molecule has 3 aliphatic rings. The first-order valence-electron chi connectivity index (χ1n) is 13.7. The van der Waals surface area contributed by atoms with Gasteiger partial charge in [-0.05, 0) is 13.8 Å². The number of aliphatic hydroxyl groups is 13. The van der Waals surface area contributed by atoms with Crippen LogP contribution in [-0.2, 0) is 28.4 Å². The fourth-order valence-electron chi connectivity index (χ4n) is 5.01. The standard InChI is InChI=1S/C24H44O19/c1-6-11(30)14(33)17(36)22(38-6)41-19(8(28)3-25)20(9(29)4-26)42-24-21(16(35)13(32)10(5-27)40-24)43-23-18(37)15(34)12(31)7(2)39-23/h6-37H,3-5H2,1-2H3/t6-,7-,8-,9+,10+,11+,12+,13-,14+,15+,16-,17-,18-,19+,20+,21+,22-,23-,24-/m0/s1. The van der Waals surface area contributed by atoms with Crippen LogP contribution < -0.4 is 0 Å². The minimum Gasteiger partial charge on any atom is -0.394 e. The molecular weight excluding hydrogens is 592 g/mol. The highest BCUT2D eigenvalue weighted by Gasteiger charge is 2.53. The Kier molecular flexibility index (Phi) is 13.4. The van der Waals surface area contributed by atoms with Crippen molar-refractivity contribution in [2.75, 3.05) is 19.8 Å². The van der Waals surface area contributed by atoms with E-state index in [9.17, 15) is 66.4 Å². The van der Waals surface area contributed by atoms with Crippen molar-refractivity contribution in [1.82, 2.24) is 0 Å². The number of rotatable bonds is 12. The van der Waals surface area contributed by atoms with Crippen molar-refractivity contribution in [2.45, 2.75) is 130 Å². The lowest BCUT2D eigenvalue weighted by Gasteiger charge is -2.47. The molecule has 3 heterocycles. The second-order valence-corrected chi connectivity index (χ2v) is 10.9. The van der Waals surface area contributed by atoms with E-state index in [1.807, 2.05) is 0 Å². The van der Waals surface area contributed by atoms with Crippen LogP contribution in [0.25, 0.3) is 0 Å². The molecule has 0 aliphatic carbocycles. The summed E-state index contributed by atoms with van der Waals surface area (Å²) in [6, 6.07) is 0. The van der Waals surface area contributed by atoms with Crippen molar-refractivity contribution >= 4 is 0 Å². The van der Waals surface area contributed by atoms with E-state index in [1.54, 1.807) is 0 Å². The topological polar surface area (TPSA) is 318 Å². The van der Waals surface area contributed by atoms with Gasteiger partial charge in [0.05, 0.1) is 32.0 Å². The van der Waals surface area contributed by atoms with Gasteiger partial charge in [-0.15, -0.1) is 0 Å². The van der Waals surface area contributed by atoms with Crippen molar-refractivity contribution in [3.8, 4) is 0 Å². The summed E-state index contributed by atoms with van der Waals surface area (Å²) in [5.41, 5.74) is 0. The van der Waals surface area contributed by atoms with Crippen LogP contribution in [0.3, 0.4) is 0 Å². The Hall–Kier alpha value is -0.760. The molecule has 0 amide bonds. The summed E-state index contributed by atoms with van der Waals surface area (Å²) in [6.07, 6.45) is -32.9. The number of aliphatic hydroxyl groups excluding tert-OH is 13. The Morgan fingerprint density at radius 3 is 1.44 bits per heavy atom. The number of hydrogen-bond donors (Lipinski definition) is 13. The van der Waals surface area contributed by atoms with Crippen LogP contribution in [0.2, 0.25) is 0 Å². The number of hydrogen-bond acceptors (Lipinski definition) is 19. The zero-order valence-electron chi connectivity index (χ0n) is 23.4. The van der Waals surface area contributed by atoms with E-state index < -0.39 is 136 Å². The third kappa shape index (κ3) is 7.97. The fraction of sp³-hybridized carbons (Fsp3) is 1.00. The fourth-order valence-corrected chi connectivity index (χ4v) is 5.01. The second-order valence-electron chi connectivity index (χ2n) is 10.9. The molecule has 0 unspecified atom stereocenters. The third-order valence-electron chi connectivity index (χ3n) is 7.77. The molecule has 0 bridgehead atoms. The monoisotopic (exact) mass is 636 g/mol. The summed E-state index contributed by atoms with van der Waals surface area (Å²) in [7, 11) is 0. The lowest BCUT2D eigenvalue weighted by atomic mass is 9.97. The van der Waals surface area contributed by atoms with Gasteiger partial charge in [0.15, 0.2) is 18.9 Å². The molecule has 0 radical (unpaired) electrons. The summed E-state index contributed by atoms with van der Waals surface area (Å²) in [6.45, 7) is -0.297. The molecule has 254 valence electrons. The molecule has 3 fully saturated rings. The van der Waals surface area contributed by atoms with Gasteiger partial charge >= 0.3 is 0 Å². The zero-order valence-corrected chi connectivity index (χ0v) is 23.4. The molecule has 0 saturated carbocycles. The first kappa shape index (κ1) is 36.7. The molecule has 19 atom stereocenters. The average molecular weight is 637 g/mol.